The van der Waals surface area contributed by atoms with Gasteiger partial charge in [0, 0.05) is 6.08 Å². The molecule has 0 aliphatic rings. The van der Waals surface area contributed by atoms with Crippen molar-refractivity contribution in [2.45, 2.75) is 33.7 Å². The fourth-order valence-electron chi connectivity index (χ4n) is 1.86. The number of carbonyl (C=O) groups is 1. The van der Waals surface area contributed by atoms with Crippen molar-refractivity contribution in [2.24, 2.45) is 0 Å². The summed E-state index contributed by atoms with van der Waals surface area (Å²) in [5, 5.41) is 2.95. The molecule has 1 N–H and O–H groups in total. The number of amides is 1. The van der Waals surface area contributed by atoms with Crippen LogP contribution in [0.2, 0.25) is 0 Å². The molecule has 2 nitrogen and oxygen atoms in total. The van der Waals surface area contributed by atoms with Gasteiger partial charge in [-0.1, -0.05) is 47.6 Å². The number of rotatable bonds is 4. The number of hydrogen-bond donors (Lipinski definition) is 1. The van der Waals surface area contributed by atoms with Crippen LogP contribution in [0.5, 0.6) is 0 Å². The molecule has 1 rings (SSSR count). The van der Waals surface area contributed by atoms with Crippen molar-refractivity contribution in [1.82, 2.24) is 5.32 Å². The standard InChI is InChI=1S/C16H21NO/c1-5-6-7-8-16(18)17-14(4)15-10-12(2)9-13(3)11-15/h5-11,14H,1-4H3,(H,17,18). The van der Waals surface area contributed by atoms with Gasteiger partial charge in [0.2, 0.25) is 5.91 Å². The van der Waals surface area contributed by atoms with E-state index >= 15 is 0 Å². The molecule has 0 bridgehead atoms. The minimum atomic E-state index is -0.0697. The van der Waals surface area contributed by atoms with E-state index in [9.17, 15) is 4.79 Å². The summed E-state index contributed by atoms with van der Waals surface area (Å²) in [5.74, 6) is -0.0697. The summed E-state index contributed by atoms with van der Waals surface area (Å²) in [5.41, 5.74) is 3.58. The molecule has 1 aromatic carbocycles. The number of carbonyl (C=O) groups excluding carboxylic acids is 1. The zero-order chi connectivity index (χ0) is 13.5. The number of aryl methyl sites for hydroxylation is 2. The lowest BCUT2D eigenvalue weighted by Gasteiger charge is -2.14. The Labute approximate surface area is 109 Å². The second kappa shape index (κ2) is 6.80. The van der Waals surface area contributed by atoms with Crippen molar-refractivity contribution in [1.29, 1.82) is 0 Å². The van der Waals surface area contributed by atoms with E-state index in [1.54, 1.807) is 12.2 Å². The second-order valence-electron chi connectivity index (χ2n) is 4.54. The van der Waals surface area contributed by atoms with Gasteiger partial charge in [0.05, 0.1) is 6.04 Å². The molecule has 0 heterocycles. The maximum absolute atomic E-state index is 11.6. The van der Waals surface area contributed by atoms with Gasteiger partial charge in [-0.15, -0.1) is 0 Å². The van der Waals surface area contributed by atoms with Crippen LogP contribution in [0.4, 0.5) is 0 Å². The molecule has 96 valence electrons. The zero-order valence-corrected chi connectivity index (χ0v) is 11.5. The van der Waals surface area contributed by atoms with Gasteiger partial charge in [0.25, 0.3) is 0 Å². The van der Waals surface area contributed by atoms with Crippen molar-refractivity contribution < 1.29 is 4.79 Å². The maximum Gasteiger partial charge on any atom is 0.244 e. The summed E-state index contributed by atoms with van der Waals surface area (Å²) in [6, 6.07) is 6.36. The van der Waals surface area contributed by atoms with Crippen molar-refractivity contribution in [3.63, 3.8) is 0 Å². The zero-order valence-electron chi connectivity index (χ0n) is 11.5. The number of benzene rings is 1. The molecular weight excluding hydrogens is 222 g/mol. The van der Waals surface area contributed by atoms with Crippen LogP contribution in [-0.4, -0.2) is 5.91 Å². The van der Waals surface area contributed by atoms with Crippen LogP contribution in [0.3, 0.4) is 0 Å². The van der Waals surface area contributed by atoms with E-state index in [0.717, 1.165) is 5.56 Å². The molecule has 0 radical (unpaired) electrons. The Kier molecular flexibility index (Phi) is 5.37. The van der Waals surface area contributed by atoms with Crippen LogP contribution in [0, 0.1) is 13.8 Å². The predicted octanol–water partition coefficient (Wildman–Crippen LogP) is 3.61. The maximum atomic E-state index is 11.6. The lowest BCUT2D eigenvalue weighted by molar-refractivity contribution is -0.117. The van der Waals surface area contributed by atoms with E-state index < -0.39 is 0 Å². The first kappa shape index (κ1) is 14.2. The van der Waals surface area contributed by atoms with E-state index in [2.05, 4.69) is 37.4 Å². The molecule has 18 heavy (non-hydrogen) atoms. The summed E-state index contributed by atoms with van der Waals surface area (Å²) in [6.45, 7) is 8.05. The molecule has 1 aromatic rings. The fraction of sp³-hybridized carbons (Fsp3) is 0.312. The molecule has 1 unspecified atom stereocenters. The first-order valence-electron chi connectivity index (χ1n) is 6.21. The summed E-state index contributed by atoms with van der Waals surface area (Å²) in [7, 11) is 0. The fourth-order valence-corrected chi connectivity index (χ4v) is 1.86. The molecule has 0 saturated heterocycles. The molecule has 0 fully saturated rings. The Morgan fingerprint density at radius 1 is 1.17 bits per heavy atom. The highest BCUT2D eigenvalue weighted by atomic mass is 16.1. The highest BCUT2D eigenvalue weighted by molar-refractivity contribution is 5.88. The van der Waals surface area contributed by atoms with Gasteiger partial charge in [0.15, 0.2) is 0 Å². The summed E-state index contributed by atoms with van der Waals surface area (Å²) >= 11 is 0. The van der Waals surface area contributed by atoms with Gasteiger partial charge >= 0.3 is 0 Å². The third-order valence-corrected chi connectivity index (χ3v) is 2.65. The smallest absolute Gasteiger partial charge is 0.244 e. The molecular formula is C16H21NO. The molecule has 1 amide bonds. The first-order valence-corrected chi connectivity index (χ1v) is 6.21. The van der Waals surface area contributed by atoms with Crippen molar-refractivity contribution in [3.05, 3.63) is 59.2 Å². The predicted molar refractivity (Wildman–Crippen MR) is 76.4 cm³/mol. The van der Waals surface area contributed by atoms with Crippen LogP contribution < -0.4 is 5.32 Å². The quantitative estimate of drug-likeness (QED) is 0.635. The van der Waals surface area contributed by atoms with Gasteiger partial charge in [-0.2, -0.15) is 0 Å². The van der Waals surface area contributed by atoms with E-state index in [1.165, 1.54) is 11.1 Å². The van der Waals surface area contributed by atoms with E-state index in [4.69, 9.17) is 0 Å². The molecule has 1 atom stereocenters. The van der Waals surface area contributed by atoms with Crippen LogP contribution in [0.1, 0.15) is 36.6 Å². The summed E-state index contributed by atoms with van der Waals surface area (Å²) in [4.78, 5) is 11.6. The van der Waals surface area contributed by atoms with E-state index in [-0.39, 0.29) is 11.9 Å². The van der Waals surface area contributed by atoms with Crippen LogP contribution in [0.25, 0.3) is 0 Å². The number of allylic oxidation sites excluding steroid dienone is 3. The van der Waals surface area contributed by atoms with Gasteiger partial charge in [-0.25, -0.2) is 0 Å². The number of nitrogens with one attached hydrogen (secondary N) is 1. The molecule has 2 heteroatoms. The molecule has 0 spiro atoms. The van der Waals surface area contributed by atoms with Gasteiger partial charge in [-0.05, 0) is 33.3 Å². The lowest BCUT2D eigenvalue weighted by atomic mass is 10.0. The second-order valence-corrected chi connectivity index (χ2v) is 4.54. The topological polar surface area (TPSA) is 29.1 Å². The summed E-state index contributed by atoms with van der Waals surface area (Å²) < 4.78 is 0. The highest BCUT2D eigenvalue weighted by Gasteiger charge is 2.07. The van der Waals surface area contributed by atoms with Gasteiger partial charge < -0.3 is 5.32 Å². The minimum absolute atomic E-state index is 0.0198. The van der Waals surface area contributed by atoms with E-state index in [1.807, 2.05) is 26.0 Å². The third-order valence-electron chi connectivity index (χ3n) is 2.65. The normalized spacial score (nSPS) is 13.1. The Bertz CT molecular complexity index is 452. The minimum Gasteiger partial charge on any atom is -0.346 e. The first-order chi connectivity index (χ1) is 8.52. The molecule has 0 saturated carbocycles. The Balaban J connectivity index is 2.70. The average molecular weight is 243 g/mol. The summed E-state index contributed by atoms with van der Waals surface area (Å²) in [6.07, 6.45) is 7.00. The van der Waals surface area contributed by atoms with Crippen LogP contribution in [-0.2, 0) is 4.79 Å². The largest absolute Gasteiger partial charge is 0.346 e. The highest BCUT2D eigenvalue weighted by Crippen LogP contribution is 2.16. The number of hydrogen-bond acceptors (Lipinski definition) is 1. The third kappa shape index (κ3) is 4.58. The van der Waals surface area contributed by atoms with Gasteiger partial charge in [-0.3, -0.25) is 4.79 Å². The molecule has 0 aliphatic heterocycles. The monoisotopic (exact) mass is 243 g/mol. The van der Waals surface area contributed by atoms with Crippen molar-refractivity contribution >= 4 is 5.91 Å². The Morgan fingerprint density at radius 3 is 2.33 bits per heavy atom. The molecule has 0 aliphatic carbocycles. The van der Waals surface area contributed by atoms with Crippen LogP contribution in [0.15, 0.2) is 42.5 Å². The van der Waals surface area contributed by atoms with Gasteiger partial charge in [0.1, 0.15) is 0 Å². The Morgan fingerprint density at radius 2 is 1.78 bits per heavy atom. The average Bonchev–Trinajstić information content (AvgIpc) is 2.28. The lowest BCUT2D eigenvalue weighted by Crippen LogP contribution is -2.24. The van der Waals surface area contributed by atoms with Crippen molar-refractivity contribution in [3.8, 4) is 0 Å². The van der Waals surface area contributed by atoms with Crippen molar-refractivity contribution in [2.75, 3.05) is 0 Å². The molecule has 0 aromatic heterocycles. The Hall–Kier alpha value is -1.83. The SMILES string of the molecule is CC=CC=CC(=O)NC(C)c1cc(C)cc(C)c1. The van der Waals surface area contributed by atoms with E-state index in [0.29, 0.717) is 0 Å². The van der Waals surface area contributed by atoms with Crippen LogP contribution >= 0.6 is 0 Å².